The Bertz CT molecular complexity index is 1570. The molecule has 1 aromatic carbocycles. The Morgan fingerprint density at radius 2 is 1.54 bits per heavy atom. The number of hydrogen-bond acceptors (Lipinski definition) is 9. The maximum Gasteiger partial charge on any atom is 0.335 e. The molecule has 11 nitrogen and oxygen atoms in total. The first kappa shape index (κ1) is 26.1. The summed E-state index contributed by atoms with van der Waals surface area (Å²) in [6.45, 7) is 6.49. The lowest BCUT2D eigenvalue weighted by Crippen LogP contribution is -2.60. The zero-order chi connectivity index (χ0) is 27.9. The van der Waals surface area contributed by atoms with Crippen molar-refractivity contribution in [1.82, 2.24) is 39.2 Å². The highest BCUT2D eigenvalue weighted by atomic mass is 19.1. The number of halogens is 1. The molecule has 0 aliphatic carbocycles. The molecule has 214 valence electrons. The van der Waals surface area contributed by atoms with Crippen LogP contribution in [0.2, 0.25) is 0 Å². The minimum Gasteiger partial charge on any atom is -0.439 e. The van der Waals surface area contributed by atoms with Gasteiger partial charge in [0.1, 0.15) is 23.4 Å². The van der Waals surface area contributed by atoms with Crippen LogP contribution in [0.15, 0.2) is 53.7 Å². The highest BCUT2D eigenvalue weighted by molar-refractivity contribution is 5.84. The number of hydrogen-bond donors (Lipinski definition) is 2. The van der Waals surface area contributed by atoms with Gasteiger partial charge in [-0.3, -0.25) is 14.0 Å². The fourth-order valence-electron chi connectivity index (χ4n) is 6.48. The van der Waals surface area contributed by atoms with Gasteiger partial charge in [0, 0.05) is 63.5 Å². The summed E-state index contributed by atoms with van der Waals surface area (Å²) in [5, 5.41) is 3.38. The van der Waals surface area contributed by atoms with Crippen molar-refractivity contribution in [2.45, 2.75) is 43.8 Å². The van der Waals surface area contributed by atoms with Gasteiger partial charge in [-0.1, -0.05) is 0 Å². The predicted octanol–water partition coefficient (Wildman–Crippen LogP) is 2.56. The summed E-state index contributed by atoms with van der Waals surface area (Å²) in [6, 6.07) is 10.5. The number of anilines is 1. The maximum atomic E-state index is 13.9. The summed E-state index contributed by atoms with van der Waals surface area (Å²) in [5.41, 5.74) is 7.65. The Labute approximate surface area is 236 Å². The van der Waals surface area contributed by atoms with E-state index in [1.807, 2.05) is 0 Å². The van der Waals surface area contributed by atoms with Crippen LogP contribution in [0.3, 0.4) is 0 Å². The van der Waals surface area contributed by atoms with Crippen molar-refractivity contribution in [2.75, 3.05) is 45.0 Å². The Kier molecular flexibility index (Phi) is 6.89. The standard InChI is InChI=1S/C29H34FN9O2/c30-19-1-4-24(5-2-19)41-25-6-3-22(17-33-25)38-26-27(31)34-18-35-28(26)39(29(38)40)21-9-13-36(14-10-21)20-7-11-37(12-8-20)23-15-32-16-23/h1-6,17-18,20-21,23,32H,7-16H2,(H2,31,34,35). The smallest absolute Gasteiger partial charge is 0.335 e. The molecule has 7 rings (SSSR count). The molecule has 0 atom stereocenters. The Morgan fingerprint density at radius 1 is 0.854 bits per heavy atom. The molecule has 0 bridgehead atoms. The normalized spacial score (nSPS) is 19.9. The van der Waals surface area contributed by atoms with E-state index in [4.69, 9.17) is 10.5 Å². The summed E-state index contributed by atoms with van der Waals surface area (Å²) in [4.78, 5) is 32.3. The van der Waals surface area contributed by atoms with Crippen LogP contribution in [0.1, 0.15) is 31.7 Å². The summed E-state index contributed by atoms with van der Waals surface area (Å²) >= 11 is 0. The average molecular weight is 560 g/mol. The molecular formula is C29H34FN9O2. The molecule has 0 radical (unpaired) electrons. The van der Waals surface area contributed by atoms with Gasteiger partial charge in [0.2, 0.25) is 5.88 Å². The molecule has 4 aromatic rings. The van der Waals surface area contributed by atoms with E-state index in [0.29, 0.717) is 40.6 Å². The van der Waals surface area contributed by atoms with Crippen molar-refractivity contribution in [2.24, 2.45) is 0 Å². The first-order valence-corrected chi connectivity index (χ1v) is 14.4. The molecule has 6 heterocycles. The van der Waals surface area contributed by atoms with E-state index in [9.17, 15) is 9.18 Å². The quantitative estimate of drug-likeness (QED) is 0.367. The number of fused-ring (bicyclic) bond motifs is 1. The molecule has 12 heteroatoms. The SMILES string of the molecule is Nc1ncnc2c1n(-c1ccc(Oc3ccc(F)cc3)nc1)c(=O)n2C1CCN(C2CCN(C3CNC3)CC2)CC1. The second-order valence-electron chi connectivity index (χ2n) is 11.2. The number of aromatic nitrogens is 5. The molecule has 41 heavy (non-hydrogen) atoms. The zero-order valence-electron chi connectivity index (χ0n) is 22.8. The monoisotopic (exact) mass is 559 g/mol. The molecule has 0 spiro atoms. The molecular weight excluding hydrogens is 525 g/mol. The number of pyridine rings is 1. The summed E-state index contributed by atoms with van der Waals surface area (Å²) in [6.07, 6.45) is 7.13. The second kappa shape index (κ2) is 10.8. The van der Waals surface area contributed by atoms with Crippen molar-refractivity contribution >= 4 is 17.0 Å². The first-order valence-electron chi connectivity index (χ1n) is 14.4. The Balaban J connectivity index is 1.10. The van der Waals surface area contributed by atoms with E-state index in [1.54, 1.807) is 22.9 Å². The van der Waals surface area contributed by atoms with Gasteiger partial charge < -0.3 is 20.7 Å². The number of likely N-dealkylation sites (tertiary alicyclic amines) is 2. The Hall–Kier alpha value is -3.87. The van der Waals surface area contributed by atoms with Crippen molar-refractivity contribution in [1.29, 1.82) is 0 Å². The van der Waals surface area contributed by atoms with Crippen LogP contribution in [0.4, 0.5) is 10.2 Å². The lowest BCUT2D eigenvalue weighted by atomic mass is 9.96. The fraction of sp³-hybridized carbons (Fsp3) is 0.448. The van der Waals surface area contributed by atoms with E-state index in [-0.39, 0.29) is 23.4 Å². The van der Waals surface area contributed by atoms with Crippen LogP contribution in [0.5, 0.6) is 11.6 Å². The molecule has 3 fully saturated rings. The van der Waals surface area contributed by atoms with Crippen molar-refractivity contribution in [3.05, 3.63) is 65.2 Å². The number of piperidine rings is 2. The third-order valence-corrected chi connectivity index (χ3v) is 8.85. The van der Waals surface area contributed by atoms with Gasteiger partial charge in [-0.2, -0.15) is 0 Å². The van der Waals surface area contributed by atoms with Gasteiger partial charge in [0.25, 0.3) is 0 Å². The zero-order valence-corrected chi connectivity index (χ0v) is 22.8. The highest BCUT2D eigenvalue weighted by Crippen LogP contribution is 2.31. The fourth-order valence-corrected chi connectivity index (χ4v) is 6.48. The lowest BCUT2D eigenvalue weighted by Gasteiger charge is -2.46. The summed E-state index contributed by atoms with van der Waals surface area (Å²) in [7, 11) is 0. The van der Waals surface area contributed by atoms with Crippen molar-refractivity contribution in [3.8, 4) is 17.3 Å². The molecule has 3 aromatic heterocycles. The van der Waals surface area contributed by atoms with Gasteiger partial charge in [0.15, 0.2) is 11.5 Å². The third kappa shape index (κ3) is 4.96. The predicted molar refractivity (Wildman–Crippen MR) is 153 cm³/mol. The van der Waals surface area contributed by atoms with Crippen LogP contribution in [0.25, 0.3) is 16.9 Å². The average Bonchev–Trinajstić information content (AvgIpc) is 3.27. The molecule has 3 N–H and O–H groups in total. The lowest BCUT2D eigenvalue weighted by molar-refractivity contribution is 0.0502. The number of imidazole rings is 1. The molecule has 0 saturated carbocycles. The van der Waals surface area contributed by atoms with Gasteiger partial charge in [-0.05, 0) is 56.0 Å². The number of ether oxygens (including phenoxy) is 1. The van der Waals surface area contributed by atoms with E-state index < -0.39 is 0 Å². The number of nitrogens with two attached hydrogens (primary N) is 1. The van der Waals surface area contributed by atoms with Crippen molar-refractivity contribution in [3.63, 3.8) is 0 Å². The summed E-state index contributed by atoms with van der Waals surface area (Å²) in [5.74, 6) is 0.683. The van der Waals surface area contributed by atoms with E-state index in [2.05, 4.69) is 30.1 Å². The number of nitrogens with one attached hydrogen (secondary N) is 1. The van der Waals surface area contributed by atoms with Gasteiger partial charge >= 0.3 is 5.69 Å². The summed E-state index contributed by atoms with van der Waals surface area (Å²) < 4.78 is 22.3. The van der Waals surface area contributed by atoms with Crippen molar-refractivity contribution < 1.29 is 9.13 Å². The minimum absolute atomic E-state index is 0.0204. The molecule has 3 saturated heterocycles. The molecule has 0 amide bonds. The molecule has 3 aliphatic rings. The molecule has 3 aliphatic heterocycles. The Morgan fingerprint density at radius 3 is 2.17 bits per heavy atom. The van der Waals surface area contributed by atoms with Gasteiger partial charge in [0.05, 0.1) is 11.9 Å². The molecule has 0 unspecified atom stereocenters. The van der Waals surface area contributed by atoms with E-state index in [1.165, 1.54) is 61.1 Å². The number of rotatable bonds is 6. The highest BCUT2D eigenvalue weighted by Gasteiger charge is 2.34. The van der Waals surface area contributed by atoms with E-state index in [0.717, 1.165) is 39.0 Å². The van der Waals surface area contributed by atoms with E-state index >= 15 is 0 Å². The third-order valence-electron chi connectivity index (χ3n) is 8.85. The number of nitrogens with zero attached hydrogens (tertiary/aromatic N) is 7. The topological polar surface area (TPSA) is 119 Å². The first-order chi connectivity index (χ1) is 20.0. The van der Waals surface area contributed by atoms with Crippen LogP contribution >= 0.6 is 0 Å². The second-order valence-corrected chi connectivity index (χ2v) is 11.2. The maximum absolute atomic E-state index is 13.9. The largest absolute Gasteiger partial charge is 0.439 e. The van der Waals surface area contributed by atoms with Gasteiger partial charge in [-0.15, -0.1) is 0 Å². The van der Waals surface area contributed by atoms with Gasteiger partial charge in [-0.25, -0.2) is 24.1 Å². The van der Waals surface area contributed by atoms with Crippen LogP contribution in [-0.4, -0.2) is 85.2 Å². The number of nitrogen functional groups attached to an aromatic ring is 1. The minimum atomic E-state index is -0.343. The van der Waals surface area contributed by atoms with Crippen LogP contribution < -0.4 is 21.5 Å². The van der Waals surface area contributed by atoms with Crippen LogP contribution in [0, 0.1) is 5.82 Å². The number of benzene rings is 1. The van der Waals surface area contributed by atoms with Crippen LogP contribution in [-0.2, 0) is 0 Å².